The van der Waals surface area contributed by atoms with Crippen molar-refractivity contribution in [1.82, 2.24) is 40.2 Å². The number of aromatic amines is 1. The van der Waals surface area contributed by atoms with E-state index in [9.17, 15) is 9.18 Å². The number of nitrogens with zero attached hydrogens (tertiary/aromatic N) is 6. The van der Waals surface area contributed by atoms with Crippen LogP contribution < -0.4 is 10.6 Å². The number of halogens is 1. The Balaban J connectivity index is 0.000000170. The standard InChI is InChI=1S/C11H11FN4O.C9H11N5.C6H12/c1-8(14-7-17)9-2-3-11(13-4-9)16-6-10(12)5-15-16;1-6-3-8(11-5-10-6)12-9-4-7(2)13-14-9;1-6-4-2-3-5-6/h2-8H,1H3,(H,14,17);3-5H,1-2H3,(H2,10,11,12,13,14);6H,2-5H2,1H3. The molecule has 0 aliphatic heterocycles. The second kappa shape index (κ2) is 13.8. The summed E-state index contributed by atoms with van der Waals surface area (Å²) in [5.74, 6) is 2.68. The molecule has 1 aliphatic carbocycles. The van der Waals surface area contributed by atoms with Crippen LogP contribution in [0.1, 0.15) is 62.5 Å². The minimum atomic E-state index is -0.410. The van der Waals surface area contributed by atoms with Gasteiger partial charge in [0.15, 0.2) is 17.5 Å². The van der Waals surface area contributed by atoms with E-state index in [1.807, 2.05) is 39.0 Å². The van der Waals surface area contributed by atoms with E-state index in [0.717, 1.165) is 40.7 Å². The van der Waals surface area contributed by atoms with E-state index in [0.29, 0.717) is 12.2 Å². The molecule has 1 fully saturated rings. The van der Waals surface area contributed by atoms with E-state index < -0.39 is 5.82 Å². The molecule has 1 unspecified atom stereocenters. The number of pyridine rings is 1. The van der Waals surface area contributed by atoms with Gasteiger partial charge in [0, 0.05) is 29.7 Å². The van der Waals surface area contributed by atoms with Crippen molar-refractivity contribution in [2.75, 3.05) is 5.32 Å². The van der Waals surface area contributed by atoms with Crippen LogP contribution in [0.25, 0.3) is 5.82 Å². The molecule has 11 heteroatoms. The Morgan fingerprint density at radius 3 is 2.41 bits per heavy atom. The summed E-state index contributed by atoms with van der Waals surface area (Å²) in [7, 11) is 0. The van der Waals surface area contributed by atoms with E-state index in [1.54, 1.807) is 12.3 Å². The SMILES string of the molecule is CC(NC=O)c1ccc(-n2cc(F)cn2)nc1.CC1CCCC1.Cc1cc(Nc2cc(C)[nH]n2)ncn1. The molecule has 0 spiro atoms. The van der Waals surface area contributed by atoms with Gasteiger partial charge in [-0.05, 0) is 38.3 Å². The van der Waals surface area contributed by atoms with Crippen LogP contribution in [-0.4, -0.2) is 41.3 Å². The number of amides is 1. The van der Waals surface area contributed by atoms with E-state index in [1.165, 1.54) is 42.9 Å². The highest BCUT2D eigenvalue weighted by atomic mass is 19.1. The van der Waals surface area contributed by atoms with Crippen LogP contribution in [0, 0.1) is 25.6 Å². The molecule has 0 aromatic carbocycles. The molecule has 1 saturated carbocycles. The number of rotatable bonds is 6. The van der Waals surface area contributed by atoms with Gasteiger partial charge in [-0.1, -0.05) is 38.7 Å². The first-order valence-corrected chi connectivity index (χ1v) is 12.3. The second-order valence-corrected chi connectivity index (χ2v) is 9.05. The van der Waals surface area contributed by atoms with Crippen molar-refractivity contribution < 1.29 is 9.18 Å². The van der Waals surface area contributed by atoms with Crippen molar-refractivity contribution in [2.45, 2.75) is 59.4 Å². The van der Waals surface area contributed by atoms with E-state index in [4.69, 9.17) is 0 Å². The van der Waals surface area contributed by atoms with Crippen LogP contribution in [0.4, 0.5) is 16.0 Å². The Bertz CT molecular complexity index is 1230. The van der Waals surface area contributed by atoms with Gasteiger partial charge in [-0.25, -0.2) is 24.0 Å². The quantitative estimate of drug-likeness (QED) is 0.315. The summed E-state index contributed by atoms with van der Waals surface area (Å²) in [4.78, 5) is 22.5. The summed E-state index contributed by atoms with van der Waals surface area (Å²) in [6.45, 7) is 8.05. The van der Waals surface area contributed by atoms with Gasteiger partial charge in [-0.15, -0.1) is 0 Å². The van der Waals surface area contributed by atoms with Crippen molar-refractivity contribution in [2.24, 2.45) is 5.92 Å². The predicted octanol–water partition coefficient (Wildman–Crippen LogP) is 4.97. The monoisotopic (exact) mass is 507 g/mol. The van der Waals surface area contributed by atoms with Crippen LogP contribution in [0.3, 0.4) is 0 Å². The minimum Gasteiger partial charge on any atom is -0.352 e. The number of hydrogen-bond donors (Lipinski definition) is 3. The Kier molecular flexibility index (Phi) is 10.2. The highest BCUT2D eigenvalue weighted by Gasteiger charge is 2.07. The Morgan fingerprint density at radius 1 is 1.11 bits per heavy atom. The van der Waals surface area contributed by atoms with E-state index >= 15 is 0 Å². The molecule has 0 bridgehead atoms. The first-order valence-electron chi connectivity index (χ1n) is 12.3. The third-order valence-corrected chi connectivity index (χ3v) is 5.78. The summed E-state index contributed by atoms with van der Waals surface area (Å²) in [6.07, 6.45) is 12.1. The van der Waals surface area contributed by atoms with E-state index in [2.05, 4.69) is 47.8 Å². The smallest absolute Gasteiger partial charge is 0.207 e. The van der Waals surface area contributed by atoms with Crippen LogP contribution in [0.15, 0.2) is 49.2 Å². The summed E-state index contributed by atoms with van der Waals surface area (Å²) in [5, 5.41) is 16.4. The summed E-state index contributed by atoms with van der Waals surface area (Å²) in [5.41, 5.74) is 2.81. The average Bonchev–Trinajstić information content (AvgIpc) is 3.63. The summed E-state index contributed by atoms with van der Waals surface area (Å²) < 4.78 is 14.1. The lowest BCUT2D eigenvalue weighted by molar-refractivity contribution is -0.110. The number of hydrogen-bond acceptors (Lipinski definition) is 7. The van der Waals surface area contributed by atoms with Gasteiger partial charge >= 0.3 is 0 Å². The zero-order valence-electron chi connectivity index (χ0n) is 21.6. The number of aromatic nitrogens is 7. The van der Waals surface area contributed by atoms with Crippen molar-refractivity contribution >= 4 is 18.0 Å². The number of H-pyrrole nitrogens is 1. The van der Waals surface area contributed by atoms with Gasteiger partial charge in [-0.2, -0.15) is 10.2 Å². The third kappa shape index (κ3) is 9.10. The van der Waals surface area contributed by atoms with Gasteiger partial charge in [0.05, 0.1) is 18.4 Å². The maximum absolute atomic E-state index is 12.8. The molecule has 1 amide bonds. The van der Waals surface area contributed by atoms with Gasteiger partial charge in [0.1, 0.15) is 12.1 Å². The molecule has 4 aromatic heterocycles. The number of anilines is 2. The average molecular weight is 508 g/mol. The predicted molar refractivity (Wildman–Crippen MR) is 140 cm³/mol. The van der Waals surface area contributed by atoms with Gasteiger partial charge in [-0.3, -0.25) is 9.89 Å². The summed E-state index contributed by atoms with van der Waals surface area (Å²) in [6, 6.07) is 7.19. The lowest BCUT2D eigenvalue weighted by atomic mass is 10.1. The first-order chi connectivity index (χ1) is 17.8. The zero-order valence-corrected chi connectivity index (χ0v) is 21.6. The van der Waals surface area contributed by atoms with Crippen molar-refractivity contribution in [3.05, 3.63) is 72.0 Å². The Morgan fingerprint density at radius 2 is 1.89 bits per heavy atom. The molecule has 4 heterocycles. The zero-order chi connectivity index (χ0) is 26.6. The normalized spacial score (nSPS) is 13.5. The minimum absolute atomic E-state index is 0.108. The molecule has 37 heavy (non-hydrogen) atoms. The van der Waals surface area contributed by atoms with Crippen molar-refractivity contribution in [1.29, 1.82) is 0 Å². The highest BCUT2D eigenvalue weighted by Crippen LogP contribution is 2.23. The molecule has 0 saturated heterocycles. The number of aryl methyl sites for hydroxylation is 2. The Labute approximate surface area is 216 Å². The number of nitrogens with one attached hydrogen (secondary N) is 3. The first kappa shape index (κ1) is 27.4. The maximum atomic E-state index is 12.8. The van der Waals surface area contributed by atoms with E-state index in [-0.39, 0.29) is 6.04 Å². The summed E-state index contributed by atoms with van der Waals surface area (Å²) >= 11 is 0. The molecular formula is C26H34FN9O. The molecule has 4 aromatic rings. The molecular weight excluding hydrogens is 473 g/mol. The van der Waals surface area contributed by atoms with Crippen LogP contribution in [0.2, 0.25) is 0 Å². The molecule has 1 aliphatic rings. The topological polar surface area (TPSA) is 126 Å². The molecule has 3 N–H and O–H groups in total. The second-order valence-electron chi connectivity index (χ2n) is 9.05. The maximum Gasteiger partial charge on any atom is 0.207 e. The van der Waals surface area contributed by atoms with Crippen molar-refractivity contribution in [3.63, 3.8) is 0 Å². The lowest BCUT2D eigenvalue weighted by Crippen LogP contribution is -2.16. The highest BCUT2D eigenvalue weighted by molar-refractivity contribution is 5.51. The lowest BCUT2D eigenvalue weighted by Gasteiger charge is -2.10. The van der Waals surface area contributed by atoms with Gasteiger partial charge in [0.25, 0.3) is 0 Å². The largest absolute Gasteiger partial charge is 0.352 e. The number of carbonyl (C=O) groups excluding carboxylic acids is 1. The van der Waals surface area contributed by atoms with Crippen LogP contribution >= 0.6 is 0 Å². The molecule has 5 rings (SSSR count). The fraction of sp³-hybridized carbons (Fsp3) is 0.385. The van der Waals surface area contributed by atoms with Crippen LogP contribution in [-0.2, 0) is 4.79 Å². The van der Waals surface area contributed by atoms with Crippen LogP contribution in [0.5, 0.6) is 0 Å². The van der Waals surface area contributed by atoms with Gasteiger partial charge in [0.2, 0.25) is 6.41 Å². The molecule has 0 radical (unpaired) electrons. The molecule has 1 atom stereocenters. The van der Waals surface area contributed by atoms with Gasteiger partial charge < -0.3 is 10.6 Å². The Hall–Kier alpha value is -4.15. The fourth-order valence-electron chi connectivity index (χ4n) is 3.68. The molecule has 196 valence electrons. The van der Waals surface area contributed by atoms with Crippen molar-refractivity contribution in [3.8, 4) is 5.82 Å². The molecule has 10 nitrogen and oxygen atoms in total. The third-order valence-electron chi connectivity index (χ3n) is 5.78. The fourth-order valence-corrected chi connectivity index (χ4v) is 3.68. The number of carbonyl (C=O) groups is 1.